The molecule has 1 fully saturated rings. The van der Waals surface area contributed by atoms with E-state index in [1.54, 1.807) is 4.68 Å². The van der Waals surface area contributed by atoms with E-state index in [0.29, 0.717) is 5.82 Å². The van der Waals surface area contributed by atoms with Crippen LogP contribution in [-0.4, -0.2) is 51.4 Å². The van der Waals surface area contributed by atoms with Crippen molar-refractivity contribution in [3.05, 3.63) is 66.6 Å². The molecule has 3 aromatic rings. The molecular formula is C19H19N5O. The minimum Gasteiger partial charge on any atom is -0.378 e. The van der Waals surface area contributed by atoms with Gasteiger partial charge in [0.15, 0.2) is 5.82 Å². The molecule has 2 heterocycles. The van der Waals surface area contributed by atoms with Gasteiger partial charge in [-0.1, -0.05) is 42.5 Å². The fraction of sp³-hybridized carbons (Fsp3) is 0.211. The van der Waals surface area contributed by atoms with Crippen LogP contribution in [0, 0.1) is 0 Å². The molecule has 0 radical (unpaired) electrons. The highest BCUT2D eigenvalue weighted by Gasteiger charge is 2.08. The van der Waals surface area contributed by atoms with Gasteiger partial charge in [-0.3, -0.25) is 0 Å². The second kappa shape index (κ2) is 7.27. The molecule has 1 aliphatic rings. The molecule has 6 heteroatoms. The molecule has 126 valence electrons. The molecule has 6 nitrogen and oxygen atoms in total. The third-order valence-corrected chi connectivity index (χ3v) is 4.19. The summed E-state index contributed by atoms with van der Waals surface area (Å²) < 4.78 is 7.10. The third-order valence-electron chi connectivity index (χ3n) is 4.19. The predicted octanol–water partition coefficient (Wildman–Crippen LogP) is 2.63. The van der Waals surface area contributed by atoms with E-state index in [-0.39, 0.29) is 0 Å². The van der Waals surface area contributed by atoms with E-state index in [4.69, 9.17) is 4.74 Å². The molecule has 0 spiro atoms. The third kappa shape index (κ3) is 3.59. The predicted molar refractivity (Wildman–Crippen MR) is 96.0 cm³/mol. The van der Waals surface area contributed by atoms with Crippen LogP contribution < -0.4 is 0 Å². The largest absolute Gasteiger partial charge is 0.378 e. The van der Waals surface area contributed by atoms with Crippen LogP contribution in [0.2, 0.25) is 0 Å². The Hall–Kier alpha value is -2.99. The molecular weight excluding hydrogens is 314 g/mol. The van der Waals surface area contributed by atoms with Crippen LogP contribution in [0.3, 0.4) is 0 Å². The van der Waals surface area contributed by atoms with E-state index in [9.17, 15) is 0 Å². The molecule has 1 saturated heterocycles. The highest BCUT2D eigenvalue weighted by molar-refractivity contribution is 5.64. The van der Waals surface area contributed by atoms with Crippen LogP contribution in [0.25, 0.3) is 22.9 Å². The molecule has 25 heavy (non-hydrogen) atoms. The Morgan fingerprint density at radius 2 is 1.60 bits per heavy atom. The van der Waals surface area contributed by atoms with Crippen LogP contribution in [0.1, 0.15) is 5.82 Å². The number of rotatable bonds is 4. The summed E-state index contributed by atoms with van der Waals surface area (Å²) in [6.45, 7) is 3.31. The van der Waals surface area contributed by atoms with Crippen molar-refractivity contribution in [3.63, 3.8) is 0 Å². The summed E-state index contributed by atoms with van der Waals surface area (Å²) >= 11 is 0. The first-order valence-corrected chi connectivity index (χ1v) is 8.34. The lowest BCUT2D eigenvalue weighted by atomic mass is 10.1. The van der Waals surface area contributed by atoms with Gasteiger partial charge in [0.25, 0.3) is 0 Å². The van der Waals surface area contributed by atoms with E-state index in [1.807, 2.05) is 42.6 Å². The summed E-state index contributed by atoms with van der Waals surface area (Å²) in [7, 11) is 0. The van der Waals surface area contributed by atoms with Crippen molar-refractivity contribution in [1.82, 2.24) is 25.1 Å². The van der Waals surface area contributed by atoms with Gasteiger partial charge >= 0.3 is 0 Å². The van der Waals surface area contributed by atoms with Crippen LogP contribution >= 0.6 is 0 Å². The maximum absolute atomic E-state index is 5.36. The van der Waals surface area contributed by atoms with Gasteiger partial charge in [0.05, 0.1) is 18.9 Å². The Morgan fingerprint density at radius 3 is 2.36 bits per heavy atom. The van der Waals surface area contributed by atoms with Gasteiger partial charge in [-0.2, -0.15) is 4.68 Å². The average molecular weight is 333 g/mol. The van der Waals surface area contributed by atoms with E-state index in [1.165, 1.54) is 11.1 Å². The molecule has 0 aliphatic carbocycles. The van der Waals surface area contributed by atoms with Gasteiger partial charge in [-0.25, -0.2) is 0 Å². The average Bonchev–Trinajstić information content (AvgIpc) is 3.17. The fourth-order valence-electron chi connectivity index (χ4n) is 2.81. The second-order valence-corrected chi connectivity index (χ2v) is 5.83. The number of aromatic nitrogens is 4. The molecule has 0 bridgehead atoms. The SMILES string of the molecule is C(=C\N1CCOCC1)/c1nnnn1-c1ccc(-c2ccccc2)cc1. The Labute approximate surface area is 146 Å². The number of ether oxygens (including phenoxy) is 1. The van der Waals surface area contributed by atoms with Gasteiger partial charge in [0.1, 0.15) is 0 Å². The van der Waals surface area contributed by atoms with Crippen molar-refractivity contribution in [2.75, 3.05) is 26.3 Å². The zero-order chi connectivity index (χ0) is 16.9. The number of hydrogen-bond donors (Lipinski definition) is 0. The molecule has 0 amide bonds. The summed E-state index contributed by atoms with van der Waals surface area (Å²) in [5.74, 6) is 0.707. The van der Waals surface area contributed by atoms with Gasteiger partial charge in [0, 0.05) is 25.4 Å². The molecule has 0 saturated carbocycles. The number of tetrazole rings is 1. The van der Waals surface area contributed by atoms with Crippen molar-refractivity contribution in [1.29, 1.82) is 0 Å². The van der Waals surface area contributed by atoms with Crippen molar-refractivity contribution in [2.24, 2.45) is 0 Å². The second-order valence-electron chi connectivity index (χ2n) is 5.83. The lowest BCUT2D eigenvalue weighted by Gasteiger charge is -2.24. The first-order chi connectivity index (χ1) is 12.4. The fourth-order valence-corrected chi connectivity index (χ4v) is 2.81. The van der Waals surface area contributed by atoms with E-state index >= 15 is 0 Å². The summed E-state index contributed by atoms with van der Waals surface area (Å²) in [6, 6.07) is 18.5. The van der Waals surface area contributed by atoms with Gasteiger partial charge in [0.2, 0.25) is 0 Å². The van der Waals surface area contributed by atoms with E-state index in [0.717, 1.165) is 32.0 Å². The quantitative estimate of drug-likeness (QED) is 0.735. The monoisotopic (exact) mass is 333 g/mol. The summed E-state index contributed by atoms with van der Waals surface area (Å²) in [4.78, 5) is 2.21. The highest BCUT2D eigenvalue weighted by atomic mass is 16.5. The minimum absolute atomic E-state index is 0.707. The van der Waals surface area contributed by atoms with Crippen LogP contribution in [0.4, 0.5) is 0 Å². The minimum atomic E-state index is 0.707. The van der Waals surface area contributed by atoms with Crippen molar-refractivity contribution >= 4 is 6.08 Å². The Bertz CT molecular complexity index is 836. The van der Waals surface area contributed by atoms with Gasteiger partial charge in [-0.05, 0) is 33.7 Å². The zero-order valence-electron chi connectivity index (χ0n) is 13.8. The number of nitrogens with zero attached hydrogens (tertiary/aromatic N) is 5. The van der Waals surface area contributed by atoms with Crippen LogP contribution in [-0.2, 0) is 4.74 Å². The number of morpholine rings is 1. The maximum atomic E-state index is 5.36. The molecule has 0 N–H and O–H groups in total. The Morgan fingerprint density at radius 1 is 0.880 bits per heavy atom. The van der Waals surface area contributed by atoms with Gasteiger partial charge in [-0.15, -0.1) is 5.10 Å². The van der Waals surface area contributed by atoms with Crippen molar-refractivity contribution in [3.8, 4) is 16.8 Å². The molecule has 4 rings (SSSR count). The molecule has 1 aliphatic heterocycles. The lowest BCUT2D eigenvalue weighted by molar-refractivity contribution is 0.0597. The van der Waals surface area contributed by atoms with Crippen molar-refractivity contribution < 1.29 is 4.74 Å². The van der Waals surface area contributed by atoms with Crippen LogP contribution in [0.15, 0.2) is 60.8 Å². The first kappa shape index (κ1) is 15.5. The van der Waals surface area contributed by atoms with Crippen molar-refractivity contribution in [2.45, 2.75) is 0 Å². The van der Waals surface area contributed by atoms with E-state index in [2.05, 4.69) is 44.7 Å². The maximum Gasteiger partial charge on any atom is 0.181 e. The smallest absolute Gasteiger partial charge is 0.181 e. The zero-order valence-corrected chi connectivity index (χ0v) is 13.8. The topological polar surface area (TPSA) is 56.1 Å². The summed E-state index contributed by atoms with van der Waals surface area (Å²) in [6.07, 6.45) is 3.97. The molecule has 0 atom stereocenters. The highest BCUT2D eigenvalue weighted by Crippen LogP contribution is 2.20. The van der Waals surface area contributed by atoms with E-state index < -0.39 is 0 Å². The summed E-state index contributed by atoms with van der Waals surface area (Å²) in [5.41, 5.74) is 3.30. The number of benzene rings is 2. The molecule has 2 aromatic carbocycles. The standard InChI is InChI=1S/C19H19N5O/c1-2-4-16(5-3-1)17-6-8-18(9-7-17)24-19(20-21-22-24)10-11-23-12-14-25-15-13-23/h1-11H,12-15H2/b11-10+. The van der Waals surface area contributed by atoms with Crippen LogP contribution in [0.5, 0.6) is 0 Å². The molecule has 0 unspecified atom stereocenters. The summed E-state index contributed by atoms with van der Waals surface area (Å²) in [5, 5.41) is 12.0. The van der Waals surface area contributed by atoms with Gasteiger partial charge < -0.3 is 9.64 Å². The Kier molecular flexibility index (Phi) is 4.52. The lowest BCUT2D eigenvalue weighted by Crippen LogP contribution is -2.31. The first-order valence-electron chi connectivity index (χ1n) is 8.34. The normalized spacial score (nSPS) is 15.0. The Balaban J connectivity index is 1.54. The molecule has 1 aromatic heterocycles. The number of hydrogen-bond acceptors (Lipinski definition) is 5.